The number of benzene rings is 2. The second kappa shape index (κ2) is 5.95. The molecule has 0 N–H and O–H groups in total. The average Bonchev–Trinajstić information content (AvgIpc) is 2.40. The van der Waals surface area contributed by atoms with E-state index >= 15 is 0 Å². The Morgan fingerprint density at radius 3 is 2.24 bits per heavy atom. The summed E-state index contributed by atoms with van der Waals surface area (Å²) in [7, 11) is -2.03. The molecule has 0 amide bonds. The molecule has 0 fully saturated rings. The predicted molar refractivity (Wildman–Crippen MR) is 81.0 cm³/mol. The largest absolute Gasteiger partial charge is 0.243 e. The number of hydrogen-bond acceptors (Lipinski definition) is 2. The Kier molecular flexibility index (Phi) is 4.44. The van der Waals surface area contributed by atoms with Gasteiger partial charge < -0.3 is 0 Å². The van der Waals surface area contributed by atoms with Crippen LogP contribution in [0.3, 0.4) is 0 Å². The zero-order chi connectivity index (χ0) is 15.6. The monoisotopic (exact) mass is 307 g/mol. The van der Waals surface area contributed by atoms with E-state index in [-0.39, 0.29) is 12.4 Å². The van der Waals surface area contributed by atoms with E-state index in [2.05, 4.69) is 0 Å². The first-order valence-corrected chi connectivity index (χ1v) is 8.03. The van der Waals surface area contributed by atoms with Crippen LogP contribution < -0.4 is 0 Å². The molecule has 0 saturated heterocycles. The summed E-state index contributed by atoms with van der Waals surface area (Å²) < 4.78 is 39.3. The van der Waals surface area contributed by atoms with Crippen molar-refractivity contribution in [2.75, 3.05) is 7.05 Å². The molecule has 0 aromatic heterocycles. The molecule has 3 nitrogen and oxygen atoms in total. The van der Waals surface area contributed by atoms with Crippen LogP contribution in [0.5, 0.6) is 0 Å². The van der Waals surface area contributed by atoms with Gasteiger partial charge in [-0.05, 0) is 43.2 Å². The first kappa shape index (κ1) is 15.7. The summed E-state index contributed by atoms with van der Waals surface area (Å²) in [6.07, 6.45) is 0. The summed E-state index contributed by atoms with van der Waals surface area (Å²) in [5, 5.41) is 0. The lowest BCUT2D eigenvalue weighted by molar-refractivity contribution is 0.466. The van der Waals surface area contributed by atoms with Crippen LogP contribution >= 0.6 is 0 Å². The fourth-order valence-corrected chi connectivity index (χ4v) is 3.55. The minimum absolute atomic E-state index is 0.204. The SMILES string of the molecule is Cc1ccc(S(=O)(=O)N(C)Cc2ccc(F)cc2)c(C)c1. The highest BCUT2D eigenvalue weighted by molar-refractivity contribution is 7.89. The molecule has 0 aliphatic heterocycles. The molecular formula is C16H18FNO2S. The second-order valence-corrected chi connectivity index (χ2v) is 7.17. The molecule has 2 aromatic carbocycles. The molecule has 0 spiro atoms. The van der Waals surface area contributed by atoms with Crippen LogP contribution in [0.25, 0.3) is 0 Å². The van der Waals surface area contributed by atoms with Gasteiger partial charge in [0.25, 0.3) is 0 Å². The van der Waals surface area contributed by atoms with Crippen molar-refractivity contribution in [3.05, 3.63) is 65.0 Å². The maximum Gasteiger partial charge on any atom is 0.243 e. The van der Waals surface area contributed by atoms with E-state index in [9.17, 15) is 12.8 Å². The van der Waals surface area contributed by atoms with E-state index < -0.39 is 10.0 Å². The molecule has 0 heterocycles. The number of rotatable bonds is 4. The normalized spacial score (nSPS) is 11.9. The Hall–Kier alpha value is -1.72. The van der Waals surface area contributed by atoms with Gasteiger partial charge in [0, 0.05) is 13.6 Å². The Morgan fingerprint density at radius 1 is 1.05 bits per heavy atom. The zero-order valence-electron chi connectivity index (χ0n) is 12.3. The molecular weight excluding hydrogens is 289 g/mol. The highest BCUT2D eigenvalue weighted by atomic mass is 32.2. The van der Waals surface area contributed by atoms with E-state index in [1.54, 1.807) is 31.2 Å². The molecule has 0 aliphatic rings. The van der Waals surface area contributed by atoms with E-state index in [0.29, 0.717) is 4.90 Å². The maximum absolute atomic E-state index is 12.9. The standard InChI is InChI=1S/C16H18FNO2S/c1-12-4-9-16(13(2)10-12)21(19,20)18(3)11-14-5-7-15(17)8-6-14/h4-10H,11H2,1-3H3. The number of sulfonamides is 1. The van der Waals surface area contributed by atoms with E-state index in [1.807, 2.05) is 13.0 Å². The number of hydrogen-bond donors (Lipinski definition) is 0. The molecule has 5 heteroatoms. The number of aryl methyl sites for hydroxylation is 2. The van der Waals surface area contributed by atoms with Crippen molar-refractivity contribution in [2.45, 2.75) is 25.3 Å². The maximum atomic E-state index is 12.9. The van der Waals surface area contributed by atoms with E-state index in [0.717, 1.165) is 16.7 Å². The molecule has 2 aromatic rings. The van der Waals surface area contributed by atoms with Gasteiger partial charge in [0.2, 0.25) is 10.0 Å². The third-order valence-electron chi connectivity index (χ3n) is 3.34. The van der Waals surface area contributed by atoms with Gasteiger partial charge in [-0.3, -0.25) is 0 Å². The minimum atomic E-state index is -3.56. The van der Waals surface area contributed by atoms with Crippen molar-refractivity contribution in [3.8, 4) is 0 Å². The van der Waals surface area contributed by atoms with Gasteiger partial charge in [-0.15, -0.1) is 0 Å². The van der Waals surface area contributed by atoms with Crippen LogP contribution in [0.2, 0.25) is 0 Å². The van der Waals surface area contributed by atoms with Crippen molar-refractivity contribution >= 4 is 10.0 Å². The second-order valence-electron chi connectivity index (χ2n) is 5.16. The van der Waals surface area contributed by atoms with Gasteiger partial charge in [0.15, 0.2) is 0 Å². The summed E-state index contributed by atoms with van der Waals surface area (Å²) >= 11 is 0. The van der Waals surface area contributed by atoms with Gasteiger partial charge >= 0.3 is 0 Å². The van der Waals surface area contributed by atoms with E-state index in [1.165, 1.54) is 23.5 Å². The summed E-state index contributed by atoms with van der Waals surface area (Å²) in [6, 6.07) is 11.1. The number of nitrogens with zero attached hydrogens (tertiary/aromatic N) is 1. The minimum Gasteiger partial charge on any atom is -0.207 e. The van der Waals surface area contributed by atoms with Crippen molar-refractivity contribution in [1.29, 1.82) is 0 Å². The van der Waals surface area contributed by atoms with Gasteiger partial charge in [0.05, 0.1) is 4.90 Å². The lowest BCUT2D eigenvalue weighted by Crippen LogP contribution is -2.27. The first-order chi connectivity index (χ1) is 9.80. The quantitative estimate of drug-likeness (QED) is 0.869. The van der Waals surface area contributed by atoms with Gasteiger partial charge in [-0.2, -0.15) is 4.31 Å². The highest BCUT2D eigenvalue weighted by Crippen LogP contribution is 2.21. The molecule has 21 heavy (non-hydrogen) atoms. The lowest BCUT2D eigenvalue weighted by atomic mass is 10.2. The third kappa shape index (κ3) is 3.49. The van der Waals surface area contributed by atoms with Crippen LogP contribution in [-0.4, -0.2) is 19.8 Å². The number of halogens is 1. The van der Waals surface area contributed by atoms with E-state index in [4.69, 9.17) is 0 Å². The van der Waals surface area contributed by atoms with Gasteiger partial charge in [-0.25, -0.2) is 12.8 Å². The van der Waals surface area contributed by atoms with Crippen LogP contribution in [0.1, 0.15) is 16.7 Å². The van der Waals surface area contributed by atoms with Crippen molar-refractivity contribution in [1.82, 2.24) is 4.31 Å². The van der Waals surface area contributed by atoms with Crippen LogP contribution in [0.4, 0.5) is 4.39 Å². The van der Waals surface area contributed by atoms with Crippen LogP contribution in [0, 0.1) is 19.7 Å². The Bertz CT molecular complexity index is 739. The fraction of sp³-hybridized carbons (Fsp3) is 0.250. The van der Waals surface area contributed by atoms with Gasteiger partial charge in [0.1, 0.15) is 5.82 Å². The van der Waals surface area contributed by atoms with Crippen molar-refractivity contribution in [2.24, 2.45) is 0 Å². The molecule has 2 rings (SSSR count). The summed E-state index contributed by atoms with van der Waals surface area (Å²) in [6.45, 7) is 3.91. The topological polar surface area (TPSA) is 37.4 Å². The Balaban J connectivity index is 2.28. The predicted octanol–water partition coefficient (Wildman–Crippen LogP) is 3.26. The van der Waals surface area contributed by atoms with Crippen LogP contribution in [0.15, 0.2) is 47.4 Å². The first-order valence-electron chi connectivity index (χ1n) is 6.59. The molecule has 0 radical (unpaired) electrons. The molecule has 0 aliphatic carbocycles. The van der Waals surface area contributed by atoms with Crippen molar-refractivity contribution in [3.63, 3.8) is 0 Å². The summed E-state index contributed by atoms with van der Waals surface area (Å²) in [4.78, 5) is 0.303. The zero-order valence-corrected chi connectivity index (χ0v) is 13.1. The third-order valence-corrected chi connectivity index (χ3v) is 5.30. The Labute approximate surface area is 125 Å². The average molecular weight is 307 g/mol. The van der Waals surface area contributed by atoms with Crippen molar-refractivity contribution < 1.29 is 12.8 Å². The molecule has 112 valence electrons. The summed E-state index contributed by atoms with van der Waals surface area (Å²) in [5.74, 6) is -0.335. The van der Waals surface area contributed by atoms with Crippen LogP contribution in [-0.2, 0) is 16.6 Å². The molecule has 0 saturated carbocycles. The molecule has 0 unspecified atom stereocenters. The smallest absolute Gasteiger partial charge is 0.207 e. The Morgan fingerprint density at radius 2 is 1.67 bits per heavy atom. The highest BCUT2D eigenvalue weighted by Gasteiger charge is 2.22. The van der Waals surface area contributed by atoms with Gasteiger partial charge in [-0.1, -0.05) is 29.8 Å². The summed E-state index contributed by atoms with van der Waals surface area (Å²) in [5.41, 5.74) is 2.49. The molecule has 0 atom stereocenters. The molecule has 0 bridgehead atoms. The fourth-order valence-electron chi connectivity index (χ4n) is 2.19. The lowest BCUT2D eigenvalue weighted by Gasteiger charge is -2.19.